The van der Waals surface area contributed by atoms with E-state index in [9.17, 15) is 9.59 Å². The first-order chi connectivity index (χ1) is 12.0. The van der Waals surface area contributed by atoms with E-state index in [4.69, 9.17) is 16.2 Å². The highest BCUT2D eigenvalue weighted by Gasteiger charge is 2.08. The van der Waals surface area contributed by atoms with E-state index in [0.29, 0.717) is 34.9 Å². The molecule has 0 radical (unpaired) electrons. The van der Waals surface area contributed by atoms with Crippen molar-refractivity contribution in [2.75, 3.05) is 29.2 Å². The molecule has 0 saturated heterocycles. The normalized spacial score (nSPS) is 10.1. The molecule has 25 heavy (non-hydrogen) atoms. The first-order valence-corrected chi connectivity index (χ1v) is 7.86. The number of hydrogen-bond acceptors (Lipinski definition) is 5. The molecule has 0 saturated carbocycles. The van der Waals surface area contributed by atoms with E-state index in [0.717, 1.165) is 0 Å². The summed E-state index contributed by atoms with van der Waals surface area (Å²) in [5.41, 5.74) is 13.7. The van der Waals surface area contributed by atoms with Crippen molar-refractivity contribution in [2.45, 2.75) is 19.3 Å². The third-order valence-corrected chi connectivity index (χ3v) is 3.51. The molecule has 0 fully saturated rings. The number of nitrogens with two attached hydrogens (primary N) is 2. The summed E-state index contributed by atoms with van der Waals surface area (Å²) in [6.45, 7) is 0. The number of carbonyl (C=O) groups excluding carboxylic acids is 2. The van der Waals surface area contributed by atoms with Crippen LogP contribution in [-0.4, -0.2) is 18.9 Å². The Balaban J connectivity index is 1.75. The summed E-state index contributed by atoms with van der Waals surface area (Å²) in [4.78, 5) is 23.8. The number of hydrogen-bond donors (Lipinski definition) is 4. The highest BCUT2D eigenvalue weighted by molar-refractivity contribution is 5.95. The lowest BCUT2D eigenvalue weighted by atomic mass is 10.2. The van der Waals surface area contributed by atoms with E-state index in [1.54, 1.807) is 49.6 Å². The molecule has 0 spiro atoms. The van der Waals surface area contributed by atoms with Crippen molar-refractivity contribution in [3.63, 3.8) is 0 Å². The van der Waals surface area contributed by atoms with Crippen LogP contribution in [0.5, 0.6) is 5.75 Å². The van der Waals surface area contributed by atoms with Crippen LogP contribution in [0.15, 0.2) is 42.5 Å². The van der Waals surface area contributed by atoms with Crippen molar-refractivity contribution in [3.05, 3.63) is 42.5 Å². The fourth-order valence-corrected chi connectivity index (χ4v) is 2.24. The van der Waals surface area contributed by atoms with Crippen LogP contribution in [0.25, 0.3) is 0 Å². The van der Waals surface area contributed by atoms with Crippen LogP contribution in [0.3, 0.4) is 0 Å². The molecule has 0 atom stereocenters. The van der Waals surface area contributed by atoms with Gasteiger partial charge in [-0.15, -0.1) is 0 Å². The predicted molar refractivity (Wildman–Crippen MR) is 99.4 cm³/mol. The molecule has 0 unspecified atom stereocenters. The Morgan fingerprint density at radius 2 is 1.72 bits per heavy atom. The minimum atomic E-state index is -0.200. The Bertz CT molecular complexity index is 762. The van der Waals surface area contributed by atoms with E-state index in [2.05, 4.69) is 10.6 Å². The van der Waals surface area contributed by atoms with Gasteiger partial charge in [-0.25, -0.2) is 0 Å². The van der Waals surface area contributed by atoms with Crippen molar-refractivity contribution >= 4 is 34.6 Å². The van der Waals surface area contributed by atoms with Crippen molar-refractivity contribution < 1.29 is 14.3 Å². The molecule has 6 N–H and O–H groups in total. The molecule has 7 nitrogen and oxygen atoms in total. The first kappa shape index (κ1) is 18.1. The topological polar surface area (TPSA) is 119 Å². The minimum absolute atomic E-state index is 0.164. The van der Waals surface area contributed by atoms with E-state index in [-0.39, 0.29) is 24.7 Å². The fraction of sp³-hybridized carbons (Fsp3) is 0.222. The molecule has 0 aliphatic rings. The van der Waals surface area contributed by atoms with E-state index in [1.807, 2.05) is 0 Å². The number of benzene rings is 2. The zero-order chi connectivity index (χ0) is 18.2. The Morgan fingerprint density at radius 1 is 1.00 bits per heavy atom. The Kier molecular flexibility index (Phi) is 6.22. The second kappa shape index (κ2) is 8.58. The van der Waals surface area contributed by atoms with Crippen LogP contribution in [0.1, 0.15) is 19.3 Å². The molecule has 132 valence electrons. The lowest BCUT2D eigenvalue weighted by Crippen LogP contribution is -2.15. The van der Waals surface area contributed by atoms with Gasteiger partial charge >= 0.3 is 0 Å². The number of anilines is 4. The Labute approximate surface area is 146 Å². The van der Waals surface area contributed by atoms with Crippen LogP contribution < -0.4 is 26.8 Å². The second-order valence-corrected chi connectivity index (χ2v) is 5.53. The molecular weight excluding hydrogens is 320 g/mol. The Morgan fingerprint density at radius 3 is 2.36 bits per heavy atom. The van der Waals surface area contributed by atoms with Gasteiger partial charge in [-0.2, -0.15) is 0 Å². The number of amides is 2. The average Bonchev–Trinajstić information content (AvgIpc) is 2.56. The number of nitrogen functional groups attached to an aromatic ring is 2. The van der Waals surface area contributed by atoms with E-state index < -0.39 is 0 Å². The monoisotopic (exact) mass is 342 g/mol. The SMILES string of the molecule is COc1ccc(NC(=O)CCCC(=O)Nc2cccc(N)c2)c(N)c1. The van der Waals surface area contributed by atoms with Gasteiger partial charge in [0.25, 0.3) is 0 Å². The largest absolute Gasteiger partial charge is 0.497 e. The molecule has 2 aromatic carbocycles. The summed E-state index contributed by atoms with van der Waals surface area (Å²) >= 11 is 0. The molecule has 0 aliphatic carbocycles. The summed E-state index contributed by atoms with van der Waals surface area (Å²) in [6, 6.07) is 12.0. The summed E-state index contributed by atoms with van der Waals surface area (Å²) in [5.74, 6) is 0.254. The lowest BCUT2D eigenvalue weighted by Gasteiger charge is -2.10. The maximum absolute atomic E-state index is 12.0. The number of carbonyl (C=O) groups is 2. The van der Waals surface area contributed by atoms with Gasteiger partial charge in [-0.1, -0.05) is 6.07 Å². The smallest absolute Gasteiger partial charge is 0.224 e. The molecule has 2 rings (SSSR count). The van der Waals surface area contributed by atoms with Gasteiger partial charge in [0.15, 0.2) is 0 Å². The number of rotatable bonds is 7. The zero-order valence-electron chi connectivity index (χ0n) is 14.0. The molecular formula is C18H22N4O3. The average molecular weight is 342 g/mol. The quantitative estimate of drug-likeness (QED) is 0.577. The second-order valence-electron chi connectivity index (χ2n) is 5.53. The van der Waals surface area contributed by atoms with E-state index >= 15 is 0 Å². The fourth-order valence-electron chi connectivity index (χ4n) is 2.24. The third kappa shape index (κ3) is 5.72. The molecule has 0 aromatic heterocycles. The van der Waals surface area contributed by atoms with Crippen LogP contribution in [0.2, 0.25) is 0 Å². The minimum Gasteiger partial charge on any atom is -0.497 e. The molecule has 0 bridgehead atoms. The van der Waals surface area contributed by atoms with Crippen molar-refractivity contribution in [3.8, 4) is 5.75 Å². The molecule has 0 aliphatic heterocycles. The number of nitrogens with one attached hydrogen (secondary N) is 2. The maximum Gasteiger partial charge on any atom is 0.224 e. The molecule has 2 amide bonds. The standard InChI is InChI=1S/C18H22N4O3/c1-25-14-8-9-16(15(20)11-14)22-18(24)7-3-6-17(23)21-13-5-2-4-12(19)10-13/h2,4-5,8-11H,3,6-7,19-20H2,1H3,(H,21,23)(H,22,24). The van der Waals surface area contributed by atoms with Gasteiger partial charge in [-0.05, 0) is 36.8 Å². The maximum atomic E-state index is 12.0. The van der Waals surface area contributed by atoms with Gasteiger partial charge in [0.1, 0.15) is 5.75 Å². The van der Waals surface area contributed by atoms with Crippen molar-refractivity contribution in [1.82, 2.24) is 0 Å². The van der Waals surface area contributed by atoms with Gasteiger partial charge in [0.2, 0.25) is 11.8 Å². The summed E-state index contributed by atoms with van der Waals surface area (Å²) in [7, 11) is 1.54. The highest BCUT2D eigenvalue weighted by atomic mass is 16.5. The number of ether oxygens (including phenoxy) is 1. The molecule has 2 aromatic rings. The van der Waals surface area contributed by atoms with Crippen LogP contribution in [0.4, 0.5) is 22.7 Å². The Hall–Kier alpha value is -3.22. The molecule has 0 heterocycles. The first-order valence-electron chi connectivity index (χ1n) is 7.86. The van der Waals surface area contributed by atoms with E-state index in [1.165, 1.54) is 0 Å². The highest BCUT2D eigenvalue weighted by Crippen LogP contribution is 2.24. The van der Waals surface area contributed by atoms with Crippen molar-refractivity contribution in [2.24, 2.45) is 0 Å². The van der Waals surface area contributed by atoms with Gasteiger partial charge in [0.05, 0.1) is 18.5 Å². The van der Waals surface area contributed by atoms with Crippen LogP contribution >= 0.6 is 0 Å². The van der Waals surface area contributed by atoms with Crippen LogP contribution in [0, 0.1) is 0 Å². The van der Waals surface area contributed by atoms with Gasteiger partial charge in [0, 0.05) is 30.3 Å². The number of methoxy groups -OCH3 is 1. The predicted octanol–water partition coefficient (Wildman–Crippen LogP) is 2.61. The third-order valence-electron chi connectivity index (χ3n) is 3.51. The van der Waals surface area contributed by atoms with Crippen molar-refractivity contribution in [1.29, 1.82) is 0 Å². The zero-order valence-corrected chi connectivity index (χ0v) is 14.0. The lowest BCUT2D eigenvalue weighted by molar-refractivity contribution is -0.117. The summed E-state index contributed by atoms with van der Waals surface area (Å²) in [5, 5.41) is 5.47. The summed E-state index contributed by atoms with van der Waals surface area (Å²) < 4.78 is 5.06. The van der Waals surface area contributed by atoms with Gasteiger partial charge in [-0.3, -0.25) is 9.59 Å². The summed E-state index contributed by atoms with van der Waals surface area (Å²) in [6.07, 6.45) is 0.881. The molecule has 7 heteroatoms. The van der Waals surface area contributed by atoms with Crippen LogP contribution in [-0.2, 0) is 9.59 Å². The van der Waals surface area contributed by atoms with Gasteiger partial charge < -0.3 is 26.8 Å².